The Labute approximate surface area is 159 Å². The molecule has 0 fully saturated rings. The van der Waals surface area contributed by atoms with Crippen LogP contribution in [-0.2, 0) is 0 Å². The second-order valence-electron chi connectivity index (χ2n) is 6.70. The molecule has 2 aromatic rings. The van der Waals surface area contributed by atoms with Crippen LogP contribution < -0.4 is 10.1 Å². The number of amides is 1. The fraction of sp³-hybridized carbons (Fsp3) is 0.450. The third-order valence-electron chi connectivity index (χ3n) is 4.42. The molecule has 1 heterocycles. The van der Waals surface area contributed by atoms with E-state index in [9.17, 15) is 14.7 Å². The van der Waals surface area contributed by atoms with Crippen molar-refractivity contribution in [2.75, 3.05) is 5.32 Å². The van der Waals surface area contributed by atoms with Gasteiger partial charge in [0.1, 0.15) is 5.75 Å². The molecule has 0 radical (unpaired) electrons. The average molecular weight is 373 g/mol. The van der Waals surface area contributed by atoms with Gasteiger partial charge in [0.25, 0.3) is 5.91 Å². The lowest BCUT2D eigenvalue weighted by molar-refractivity contribution is 0.0696. The van der Waals surface area contributed by atoms with Crippen LogP contribution in [0.25, 0.3) is 0 Å². The smallest absolute Gasteiger partial charge is 0.335 e. The summed E-state index contributed by atoms with van der Waals surface area (Å²) in [5.74, 6) is -0.992. The third kappa shape index (κ3) is 4.67. The van der Waals surface area contributed by atoms with E-state index in [1.54, 1.807) is 12.3 Å². The first-order valence-corrected chi connectivity index (χ1v) is 9.17. The summed E-state index contributed by atoms with van der Waals surface area (Å²) in [6, 6.07) is 4.64. The first kappa shape index (κ1) is 20.5. The molecule has 0 unspecified atom stereocenters. The van der Waals surface area contributed by atoms with Crippen molar-refractivity contribution in [2.45, 2.75) is 59.6 Å². The lowest BCUT2D eigenvalue weighted by Crippen LogP contribution is -2.17. The van der Waals surface area contributed by atoms with Crippen LogP contribution in [0.5, 0.6) is 5.75 Å². The number of ether oxygens (including phenoxy) is 1. The van der Waals surface area contributed by atoms with Crippen molar-refractivity contribution in [1.82, 2.24) is 9.78 Å². The molecule has 0 atom stereocenters. The summed E-state index contributed by atoms with van der Waals surface area (Å²) in [4.78, 5) is 24.1. The molecule has 146 valence electrons. The maximum Gasteiger partial charge on any atom is 0.335 e. The predicted octanol–water partition coefficient (Wildman–Crippen LogP) is 4.29. The Kier molecular flexibility index (Phi) is 6.60. The Hall–Kier alpha value is -2.83. The minimum atomic E-state index is -1.07. The minimum Gasteiger partial charge on any atom is -0.489 e. The zero-order valence-corrected chi connectivity index (χ0v) is 16.4. The Morgan fingerprint density at radius 3 is 2.48 bits per heavy atom. The van der Waals surface area contributed by atoms with E-state index in [0.29, 0.717) is 17.0 Å². The highest BCUT2D eigenvalue weighted by atomic mass is 16.5. The fourth-order valence-corrected chi connectivity index (χ4v) is 2.96. The van der Waals surface area contributed by atoms with E-state index >= 15 is 0 Å². The average Bonchev–Trinajstić information content (AvgIpc) is 2.98. The standard InChI is InChI=1S/C20H27N3O4/c1-6-15(7-2)23-13(5)16(11-21-23)19(24)22-17-10-14(20(25)26)8-9-18(17)27-12(3)4/h8-12,15H,6-7H2,1-5H3,(H,22,24)(H,25,26). The largest absolute Gasteiger partial charge is 0.489 e. The van der Waals surface area contributed by atoms with Crippen LogP contribution in [-0.4, -0.2) is 32.9 Å². The number of hydrogen-bond donors (Lipinski definition) is 2. The molecule has 1 aromatic carbocycles. The van der Waals surface area contributed by atoms with E-state index in [2.05, 4.69) is 24.3 Å². The Morgan fingerprint density at radius 2 is 1.93 bits per heavy atom. The van der Waals surface area contributed by atoms with Crippen molar-refractivity contribution in [3.8, 4) is 5.75 Å². The highest BCUT2D eigenvalue weighted by Gasteiger charge is 2.20. The van der Waals surface area contributed by atoms with E-state index < -0.39 is 5.97 Å². The van der Waals surface area contributed by atoms with Gasteiger partial charge in [-0.3, -0.25) is 9.48 Å². The number of rotatable bonds is 8. The van der Waals surface area contributed by atoms with Crippen LogP contribution in [0.2, 0.25) is 0 Å². The zero-order chi connectivity index (χ0) is 20.1. The van der Waals surface area contributed by atoms with Crippen LogP contribution >= 0.6 is 0 Å². The van der Waals surface area contributed by atoms with E-state index in [4.69, 9.17) is 4.74 Å². The quantitative estimate of drug-likeness (QED) is 0.720. The molecule has 1 aromatic heterocycles. The molecule has 2 rings (SSSR count). The molecule has 7 heteroatoms. The van der Waals surface area contributed by atoms with Crippen LogP contribution in [0.1, 0.15) is 73.0 Å². The molecule has 1 amide bonds. The maximum absolute atomic E-state index is 12.8. The molecular weight excluding hydrogens is 346 g/mol. The van der Waals surface area contributed by atoms with Crippen LogP contribution in [0.3, 0.4) is 0 Å². The van der Waals surface area contributed by atoms with Crippen LogP contribution in [0, 0.1) is 6.92 Å². The number of aromatic nitrogens is 2. The molecule has 27 heavy (non-hydrogen) atoms. The monoisotopic (exact) mass is 373 g/mol. The number of anilines is 1. The number of carboxylic acids is 1. The summed E-state index contributed by atoms with van der Waals surface area (Å²) in [7, 11) is 0. The van der Waals surface area contributed by atoms with E-state index in [1.165, 1.54) is 12.1 Å². The van der Waals surface area contributed by atoms with E-state index in [-0.39, 0.29) is 23.6 Å². The molecule has 0 saturated carbocycles. The molecule has 0 bridgehead atoms. The highest BCUT2D eigenvalue weighted by Crippen LogP contribution is 2.28. The van der Waals surface area contributed by atoms with Gasteiger partial charge in [0, 0.05) is 5.69 Å². The number of carbonyl (C=O) groups excluding carboxylic acids is 1. The Bertz CT molecular complexity index is 823. The number of nitrogens with one attached hydrogen (secondary N) is 1. The zero-order valence-electron chi connectivity index (χ0n) is 16.4. The van der Waals surface area contributed by atoms with Gasteiger partial charge in [-0.25, -0.2) is 4.79 Å². The third-order valence-corrected chi connectivity index (χ3v) is 4.42. The summed E-state index contributed by atoms with van der Waals surface area (Å²) >= 11 is 0. The predicted molar refractivity (Wildman–Crippen MR) is 104 cm³/mol. The number of carboxylic acid groups (broad SMARTS) is 1. The van der Waals surface area contributed by atoms with Gasteiger partial charge < -0.3 is 15.2 Å². The molecular formula is C20H27N3O4. The topological polar surface area (TPSA) is 93.5 Å². The van der Waals surface area contributed by atoms with Gasteiger partial charge in [-0.05, 0) is 51.8 Å². The van der Waals surface area contributed by atoms with Crippen molar-refractivity contribution >= 4 is 17.6 Å². The van der Waals surface area contributed by atoms with Gasteiger partial charge in [-0.1, -0.05) is 13.8 Å². The summed E-state index contributed by atoms with van der Waals surface area (Å²) in [6.07, 6.45) is 3.28. The van der Waals surface area contributed by atoms with Crippen molar-refractivity contribution < 1.29 is 19.4 Å². The number of hydrogen-bond acceptors (Lipinski definition) is 4. The lowest BCUT2D eigenvalue weighted by atomic mass is 10.1. The van der Waals surface area contributed by atoms with Gasteiger partial charge in [0.05, 0.1) is 35.2 Å². The molecule has 0 aliphatic heterocycles. The first-order chi connectivity index (χ1) is 12.8. The normalized spacial score (nSPS) is 11.1. The van der Waals surface area contributed by atoms with Gasteiger partial charge in [0.15, 0.2) is 0 Å². The van der Waals surface area contributed by atoms with Crippen molar-refractivity contribution in [3.63, 3.8) is 0 Å². The molecule has 0 spiro atoms. The number of benzene rings is 1. The summed E-state index contributed by atoms with van der Waals surface area (Å²) in [6.45, 7) is 9.75. The van der Waals surface area contributed by atoms with Crippen molar-refractivity contribution in [3.05, 3.63) is 41.2 Å². The highest BCUT2D eigenvalue weighted by molar-refractivity contribution is 6.06. The van der Waals surface area contributed by atoms with Gasteiger partial charge in [-0.15, -0.1) is 0 Å². The molecule has 0 aliphatic carbocycles. The van der Waals surface area contributed by atoms with Gasteiger partial charge in [0.2, 0.25) is 0 Å². The summed E-state index contributed by atoms with van der Waals surface area (Å²) < 4.78 is 7.57. The molecule has 0 aliphatic rings. The summed E-state index contributed by atoms with van der Waals surface area (Å²) in [5, 5.41) is 16.4. The number of carbonyl (C=O) groups is 2. The van der Waals surface area contributed by atoms with Crippen molar-refractivity contribution in [2.24, 2.45) is 0 Å². The molecule has 0 saturated heterocycles. The second-order valence-corrected chi connectivity index (χ2v) is 6.70. The van der Waals surface area contributed by atoms with Crippen LogP contribution in [0.15, 0.2) is 24.4 Å². The fourth-order valence-electron chi connectivity index (χ4n) is 2.96. The molecule has 2 N–H and O–H groups in total. The molecule has 7 nitrogen and oxygen atoms in total. The van der Waals surface area contributed by atoms with Gasteiger partial charge in [-0.2, -0.15) is 5.10 Å². The number of aromatic carboxylic acids is 1. The van der Waals surface area contributed by atoms with E-state index in [0.717, 1.165) is 18.5 Å². The Balaban J connectivity index is 2.34. The number of nitrogens with zero attached hydrogens (tertiary/aromatic N) is 2. The SMILES string of the molecule is CCC(CC)n1ncc(C(=O)Nc2cc(C(=O)O)ccc2OC(C)C)c1C. The minimum absolute atomic E-state index is 0.0749. The summed E-state index contributed by atoms with van der Waals surface area (Å²) in [5.41, 5.74) is 1.63. The second kappa shape index (κ2) is 8.70. The maximum atomic E-state index is 12.8. The lowest BCUT2D eigenvalue weighted by Gasteiger charge is -2.17. The Morgan fingerprint density at radius 1 is 1.26 bits per heavy atom. The van der Waals surface area contributed by atoms with E-state index in [1.807, 2.05) is 25.5 Å². The van der Waals surface area contributed by atoms with Crippen molar-refractivity contribution in [1.29, 1.82) is 0 Å². The van der Waals surface area contributed by atoms with Gasteiger partial charge >= 0.3 is 5.97 Å². The first-order valence-electron chi connectivity index (χ1n) is 9.17. The van der Waals surface area contributed by atoms with Crippen LogP contribution in [0.4, 0.5) is 5.69 Å².